The number of carbonyl (C=O) groups excluding carboxylic acids is 1. The molecule has 0 aromatic heterocycles. The summed E-state index contributed by atoms with van der Waals surface area (Å²) in [5.41, 5.74) is 0. The summed E-state index contributed by atoms with van der Waals surface area (Å²) in [6.07, 6.45) is 5.47. The van der Waals surface area contributed by atoms with Crippen LogP contribution < -0.4 is 0 Å². The van der Waals surface area contributed by atoms with Crippen molar-refractivity contribution < 1.29 is 4.79 Å². The molecule has 0 heterocycles. The van der Waals surface area contributed by atoms with Crippen LogP contribution in [0.15, 0.2) is 0 Å². The van der Waals surface area contributed by atoms with Crippen molar-refractivity contribution in [2.45, 2.75) is 31.4 Å². The molecule has 0 amide bonds. The number of hydrogen-bond donors (Lipinski definition) is 0. The van der Waals surface area contributed by atoms with Gasteiger partial charge in [0.15, 0.2) is 0 Å². The Labute approximate surface area is 66.6 Å². The molecule has 0 unspecified atom stereocenters. The third-order valence-corrected chi connectivity index (χ3v) is 3.23. The number of thioether (sulfide) groups is 1. The number of Topliss-reactive ketones (excluding diaryl/α,β-unsaturated/α-hetero) is 1. The molecule has 1 aliphatic carbocycles. The van der Waals surface area contributed by atoms with Gasteiger partial charge in [0, 0.05) is 5.92 Å². The molecule has 0 N–H and O–H groups in total. The monoisotopic (exact) mass is 158 g/mol. The maximum absolute atomic E-state index is 11.3. The van der Waals surface area contributed by atoms with Crippen molar-refractivity contribution in [3.8, 4) is 0 Å². The lowest BCUT2D eigenvalue weighted by Gasteiger charge is -2.23. The summed E-state index contributed by atoms with van der Waals surface area (Å²) in [6, 6.07) is 0. The van der Waals surface area contributed by atoms with Crippen molar-refractivity contribution in [2.75, 3.05) is 6.26 Å². The highest BCUT2D eigenvalue weighted by atomic mass is 32.2. The van der Waals surface area contributed by atoms with Gasteiger partial charge in [-0.15, -0.1) is 0 Å². The Bertz CT molecular complexity index is 133. The molecule has 2 heteroatoms. The van der Waals surface area contributed by atoms with E-state index >= 15 is 0 Å². The minimum Gasteiger partial charge on any atom is -0.298 e. The molecule has 0 saturated heterocycles. The molecule has 0 aliphatic heterocycles. The van der Waals surface area contributed by atoms with Crippen LogP contribution in [0.1, 0.15) is 26.2 Å². The zero-order valence-corrected chi connectivity index (χ0v) is 7.41. The van der Waals surface area contributed by atoms with Crippen LogP contribution >= 0.6 is 11.8 Å². The van der Waals surface area contributed by atoms with E-state index in [9.17, 15) is 4.79 Å². The lowest BCUT2D eigenvalue weighted by Crippen LogP contribution is -2.28. The quantitative estimate of drug-likeness (QED) is 0.581. The lowest BCUT2D eigenvalue weighted by molar-refractivity contribution is -0.123. The van der Waals surface area contributed by atoms with Crippen molar-refractivity contribution in [1.29, 1.82) is 0 Å². The molecule has 0 radical (unpaired) electrons. The Kier molecular flexibility index (Phi) is 2.78. The number of hydrogen-bond acceptors (Lipinski definition) is 2. The Morgan fingerprint density at radius 2 is 2.20 bits per heavy atom. The maximum Gasteiger partial charge on any atom is 0.148 e. The summed E-state index contributed by atoms with van der Waals surface area (Å²) in [5, 5.41) is 0.309. The van der Waals surface area contributed by atoms with Gasteiger partial charge < -0.3 is 0 Å². The van der Waals surface area contributed by atoms with Gasteiger partial charge in [-0.25, -0.2) is 0 Å². The van der Waals surface area contributed by atoms with Gasteiger partial charge in [-0.1, -0.05) is 13.3 Å². The van der Waals surface area contributed by atoms with E-state index in [1.165, 1.54) is 6.42 Å². The first-order valence-corrected chi connectivity index (χ1v) is 5.11. The number of carbonyl (C=O) groups is 1. The zero-order valence-electron chi connectivity index (χ0n) is 6.59. The van der Waals surface area contributed by atoms with Crippen LogP contribution in [0.5, 0.6) is 0 Å². The SMILES string of the molecule is CS[C@@H]1CCC[C@H](C)C1=O. The average Bonchev–Trinajstić information content (AvgIpc) is 1.95. The summed E-state index contributed by atoms with van der Waals surface area (Å²) in [4.78, 5) is 11.3. The Hall–Kier alpha value is 0.0200. The molecule has 1 nitrogen and oxygen atoms in total. The van der Waals surface area contributed by atoms with Crippen molar-refractivity contribution in [3.05, 3.63) is 0 Å². The Morgan fingerprint density at radius 3 is 2.70 bits per heavy atom. The third kappa shape index (κ3) is 1.54. The molecule has 1 saturated carbocycles. The molecule has 10 heavy (non-hydrogen) atoms. The van der Waals surface area contributed by atoms with Crippen molar-refractivity contribution >= 4 is 17.5 Å². The fraction of sp³-hybridized carbons (Fsp3) is 0.875. The highest BCUT2D eigenvalue weighted by Crippen LogP contribution is 2.27. The van der Waals surface area contributed by atoms with E-state index in [-0.39, 0.29) is 0 Å². The second-order valence-corrected chi connectivity index (χ2v) is 4.00. The third-order valence-electron chi connectivity index (χ3n) is 2.19. The molecular formula is C8H14OS. The minimum atomic E-state index is 0.309. The van der Waals surface area contributed by atoms with Crippen LogP contribution in [0.3, 0.4) is 0 Å². The molecule has 1 fully saturated rings. The van der Waals surface area contributed by atoms with Crippen LogP contribution in [0, 0.1) is 5.92 Å². The summed E-state index contributed by atoms with van der Waals surface area (Å²) >= 11 is 1.71. The van der Waals surface area contributed by atoms with Crippen LogP contribution in [-0.4, -0.2) is 17.3 Å². The fourth-order valence-corrected chi connectivity index (χ4v) is 2.31. The standard InChI is InChI=1S/C8H14OS/c1-6-4-3-5-7(10-2)8(6)9/h6-7H,3-5H2,1-2H3/t6-,7+/m0/s1. The summed E-state index contributed by atoms with van der Waals surface area (Å²) < 4.78 is 0. The van der Waals surface area contributed by atoms with Gasteiger partial charge in [0.1, 0.15) is 5.78 Å². The average molecular weight is 158 g/mol. The molecule has 58 valence electrons. The fourth-order valence-electron chi connectivity index (χ4n) is 1.45. The molecule has 0 aromatic rings. The largest absolute Gasteiger partial charge is 0.298 e. The smallest absolute Gasteiger partial charge is 0.148 e. The van der Waals surface area contributed by atoms with Gasteiger partial charge in [-0.05, 0) is 19.1 Å². The molecule has 0 aromatic carbocycles. The molecule has 1 rings (SSSR count). The number of ketones is 1. The van der Waals surface area contributed by atoms with Gasteiger partial charge in [-0.2, -0.15) is 11.8 Å². The first-order valence-electron chi connectivity index (χ1n) is 3.82. The first kappa shape index (κ1) is 8.12. The van der Waals surface area contributed by atoms with Crippen LogP contribution in [0.25, 0.3) is 0 Å². The predicted molar refractivity (Wildman–Crippen MR) is 45.3 cm³/mol. The molecule has 2 atom stereocenters. The van der Waals surface area contributed by atoms with E-state index in [4.69, 9.17) is 0 Å². The van der Waals surface area contributed by atoms with Gasteiger partial charge >= 0.3 is 0 Å². The van der Waals surface area contributed by atoms with Crippen molar-refractivity contribution in [1.82, 2.24) is 0 Å². The number of rotatable bonds is 1. The summed E-state index contributed by atoms with van der Waals surface area (Å²) in [7, 11) is 0. The normalized spacial score (nSPS) is 34.4. The highest BCUT2D eigenvalue weighted by molar-refractivity contribution is 7.99. The van der Waals surface area contributed by atoms with Crippen LogP contribution in [0.2, 0.25) is 0 Å². The van der Waals surface area contributed by atoms with E-state index < -0.39 is 0 Å². The van der Waals surface area contributed by atoms with Crippen molar-refractivity contribution in [2.24, 2.45) is 5.92 Å². The van der Waals surface area contributed by atoms with Crippen LogP contribution in [-0.2, 0) is 4.79 Å². The molecule has 0 bridgehead atoms. The first-order chi connectivity index (χ1) is 4.75. The van der Waals surface area contributed by atoms with E-state index in [2.05, 4.69) is 0 Å². The zero-order chi connectivity index (χ0) is 7.56. The van der Waals surface area contributed by atoms with E-state index in [0.29, 0.717) is 17.0 Å². The van der Waals surface area contributed by atoms with Gasteiger partial charge in [0.2, 0.25) is 0 Å². The summed E-state index contributed by atoms with van der Waals surface area (Å²) in [6.45, 7) is 2.05. The predicted octanol–water partition coefficient (Wildman–Crippen LogP) is 2.11. The highest BCUT2D eigenvalue weighted by Gasteiger charge is 2.26. The van der Waals surface area contributed by atoms with Crippen molar-refractivity contribution in [3.63, 3.8) is 0 Å². The molecule has 1 aliphatic rings. The van der Waals surface area contributed by atoms with E-state index in [0.717, 1.165) is 12.8 Å². The second kappa shape index (κ2) is 3.42. The van der Waals surface area contributed by atoms with Crippen LogP contribution in [0.4, 0.5) is 0 Å². The Morgan fingerprint density at radius 1 is 1.50 bits per heavy atom. The summed E-state index contributed by atoms with van der Waals surface area (Å²) in [5.74, 6) is 0.796. The second-order valence-electron chi connectivity index (χ2n) is 2.96. The molecular weight excluding hydrogens is 144 g/mol. The van der Waals surface area contributed by atoms with Gasteiger partial charge in [0.05, 0.1) is 5.25 Å². The van der Waals surface area contributed by atoms with Gasteiger partial charge in [0.25, 0.3) is 0 Å². The lowest BCUT2D eigenvalue weighted by atomic mass is 9.89. The maximum atomic E-state index is 11.3. The Balaban J connectivity index is 2.51. The van der Waals surface area contributed by atoms with E-state index in [1.54, 1.807) is 11.8 Å². The van der Waals surface area contributed by atoms with Gasteiger partial charge in [-0.3, -0.25) is 4.79 Å². The minimum absolute atomic E-state index is 0.309. The van der Waals surface area contributed by atoms with E-state index in [1.807, 2.05) is 13.2 Å². The molecule has 0 spiro atoms. The topological polar surface area (TPSA) is 17.1 Å².